The molecule has 4 aliphatic heterocycles. The van der Waals surface area contributed by atoms with Crippen molar-refractivity contribution in [2.45, 2.75) is 99.6 Å². The number of allylic oxidation sites excluding steroid dienone is 4. The van der Waals surface area contributed by atoms with E-state index in [1.807, 2.05) is 0 Å². The molecule has 0 N–H and O–H groups in total. The number of hydrogen-bond donors (Lipinski definition) is 0. The molecule has 4 nitrogen and oxygen atoms in total. The zero-order valence-corrected chi connectivity index (χ0v) is 39.7. The van der Waals surface area contributed by atoms with Crippen LogP contribution in [-0.4, -0.2) is 37.4 Å². The molecule has 320 valence electrons. The molecule has 5 aromatic carbocycles. The van der Waals surface area contributed by atoms with Crippen LogP contribution < -0.4 is 10.4 Å². The van der Waals surface area contributed by atoms with E-state index in [1.54, 1.807) is 0 Å². The summed E-state index contributed by atoms with van der Waals surface area (Å²) in [5.41, 5.74) is 18.0. The Balaban J connectivity index is 0.000000143. The van der Waals surface area contributed by atoms with Crippen LogP contribution in [0.25, 0.3) is 67.2 Å². The summed E-state index contributed by atoms with van der Waals surface area (Å²) in [6, 6.07) is 35.1. The number of benzene rings is 5. The molecule has 0 saturated carbocycles. The number of fused-ring (bicyclic) bond motifs is 14. The first kappa shape index (κ1) is 40.5. The third-order valence-electron chi connectivity index (χ3n) is 16.7. The van der Waals surface area contributed by atoms with E-state index in [2.05, 4.69) is 227 Å². The lowest BCUT2D eigenvalue weighted by molar-refractivity contribution is 0.112. The molecule has 4 heteroatoms. The summed E-state index contributed by atoms with van der Waals surface area (Å²) in [7, 11) is 0. The molecule has 12 rings (SSSR count). The van der Waals surface area contributed by atoms with Crippen LogP contribution >= 0.6 is 0 Å². The van der Waals surface area contributed by atoms with E-state index < -0.39 is 0 Å². The molecule has 0 saturated heterocycles. The predicted octanol–water partition coefficient (Wildman–Crippen LogP) is 13.1. The van der Waals surface area contributed by atoms with Crippen molar-refractivity contribution >= 4 is 67.2 Å². The van der Waals surface area contributed by atoms with Crippen LogP contribution in [0.2, 0.25) is 0 Å². The quantitative estimate of drug-likeness (QED) is 0.142. The molecule has 0 radical (unpaired) electrons. The van der Waals surface area contributed by atoms with Gasteiger partial charge in [0.05, 0.1) is 33.5 Å². The van der Waals surface area contributed by atoms with Crippen LogP contribution in [-0.2, 0) is 5.41 Å². The lowest BCUT2D eigenvalue weighted by atomic mass is 9.60. The summed E-state index contributed by atoms with van der Waals surface area (Å²) in [6.45, 7) is 29.2. The molecule has 64 heavy (non-hydrogen) atoms. The van der Waals surface area contributed by atoms with Gasteiger partial charge in [0, 0.05) is 83.5 Å². The second kappa shape index (κ2) is 13.4. The Morgan fingerprint density at radius 3 is 1.91 bits per heavy atom. The van der Waals surface area contributed by atoms with Crippen LogP contribution in [0.15, 0.2) is 133 Å². The highest BCUT2D eigenvalue weighted by Gasteiger charge is 2.52. The minimum Gasteiger partial charge on any atom is -0.361 e. The fourth-order valence-electron chi connectivity index (χ4n) is 11.6. The molecule has 1 aliphatic carbocycles. The molecule has 6 heterocycles. The standard InChI is InChI=1S/2C30H30N2/c1-28(2)15-13-22-24(18-28)29(3,4)30(5,6)32-16-14-20-21(27(22)32)11-12-26-23(20)17-19-9-7-8-10-25(19)31-26;1-18-11-12-23-27(19(18)2)29(3,4)30(5,6)32-16-15-21-22(28(23)32)13-14-26-24(21)17-20-9-7-8-10-25(20)31-26/h7-18H,1-6H3;7-15,17H,16H2,1-6H3. The van der Waals surface area contributed by atoms with E-state index in [4.69, 9.17) is 9.97 Å². The van der Waals surface area contributed by atoms with E-state index in [1.165, 1.54) is 87.9 Å². The predicted molar refractivity (Wildman–Crippen MR) is 271 cm³/mol. The summed E-state index contributed by atoms with van der Waals surface area (Å²) in [5, 5.41) is 7.51. The van der Waals surface area contributed by atoms with Gasteiger partial charge in [-0.3, -0.25) is 0 Å². The first-order valence-electron chi connectivity index (χ1n) is 23.2. The molecule has 2 aromatic heterocycles. The highest BCUT2D eigenvalue weighted by atomic mass is 15.2. The molecular weight excluding hydrogens is 777 g/mol. The van der Waals surface area contributed by atoms with Gasteiger partial charge < -0.3 is 9.80 Å². The summed E-state index contributed by atoms with van der Waals surface area (Å²) in [4.78, 5) is 15.1. The minimum atomic E-state index is -0.0658. The van der Waals surface area contributed by atoms with Crippen LogP contribution in [0.3, 0.4) is 0 Å². The molecule has 0 fully saturated rings. The Labute approximate surface area is 378 Å². The van der Waals surface area contributed by atoms with Gasteiger partial charge in [0.15, 0.2) is 0 Å². The van der Waals surface area contributed by atoms with Gasteiger partial charge in [0.2, 0.25) is 0 Å². The summed E-state index contributed by atoms with van der Waals surface area (Å²) >= 11 is 0. The zero-order chi connectivity index (χ0) is 44.9. The van der Waals surface area contributed by atoms with Crippen LogP contribution in [0.5, 0.6) is 0 Å². The zero-order valence-electron chi connectivity index (χ0n) is 39.7. The van der Waals surface area contributed by atoms with Crippen molar-refractivity contribution in [2.75, 3.05) is 6.54 Å². The third-order valence-corrected chi connectivity index (χ3v) is 16.7. The number of hydrogen-bond acceptors (Lipinski definition) is 4. The van der Waals surface area contributed by atoms with Crippen molar-refractivity contribution in [3.8, 4) is 0 Å². The number of para-hydroxylation sites is 2. The lowest BCUT2D eigenvalue weighted by Crippen LogP contribution is -2.61. The smallest absolute Gasteiger partial charge is 0.0716 e. The number of nitrogens with zero attached hydrogens (tertiary/aromatic N) is 4. The maximum Gasteiger partial charge on any atom is 0.0716 e. The molecular formula is C60H60N4. The van der Waals surface area contributed by atoms with Crippen molar-refractivity contribution in [3.05, 3.63) is 176 Å². The number of aryl methyl sites for hydroxylation is 1. The van der Waals surface area contributed by atoms with Crippen LogP contribution in [0.1, 0.15) is 103 Å². The van der Waals surface area contributed by atoms with Crippen LogP contribution in [0, 0.1) is 24.7 Å². The Kier molecular flexibility index (Phi) is 8.48. The maximum atomic E-state index is 4.97. The average Bonchev–Trinajstić information content (AvgIpc) is 3.26. The monoisotopic (exact) mass is 836 g/mol. The largest absolute Gasteiger partial charge is 0.361 e. The van der Waals surface area contributed by atoms with E-state index in [0.29, 0.717) is 0 Å². The Bertz CT molecular complexity index is 3470. The van der Waals surface area contributed by atoms with Gasteiger partial charge in [-0.05, 0) is 117 Å². The SMILES string of the molecule is CC1(C)C=CC2=C3c4ccc5nc6ccccc6cc5c4C=CN3C(C)(C)C(C)(C)C2=C1.Cc1ccc2c(c1C)C(C)(C)C(C)(C)N1CC=c3c(ccc4nc5ccccc5cc34)=C21. The van der Waals surface area contributed by atoms with Crippen molar-refractivity contribution in [1.82, 2.24) is 19.8 Å². The molecule has 7 aromatic rings. The summed E-state index contributed by atoms with van der Waals surface area (Å²) in [5.74, 6) is 0. The molecule has 0 amide bonds. The average molecular weight is 837 g/mol. The Hall–Kier alpha value is -6.26. The van der Waals surface area contributed by atoms with Crippen molar-refractivity contribution in [2.24, 2.45) is 10.8 Å². The van der Waals surface area contributed by atoms with Crippen LogP contribution in [0.4, 0.5) is 0 Å². The van der Waals surface area contributed by atoms with Gasteiger partial charge in [0.1, 0.15) is 0 Å². The summed E-state index contributed by atoms with van der Waals surface area (Å²) < 4.78 is 0. The molecule has 0 unspecified atom stereocenters. The van der Waals surface area contributed by atoms with Gasteiger partial charge in [-0.2, -0.15) is 0 Å². The van der Waals surface area contributed by atoms with Crippen molar-refractivity contribution in [1.29, 1.82) is 0 Å². The fourth-order valence-corrected chi connectivity index (χ4v) is 11.6. The van der Waals surface area contributed by atoms with E-state index in [-0.39, 0.29) is 27.3 Å². The molecule has 5 aliphatic rings. The maximum absolute atomic E-state index is 4.97. The molecule has 0 atom stereocenters. The molecule has 0 spiro atoms. The highest BCUT2D eigenvalue weighted by Crippen LogP contribution is 2.58. The minimum absolute atomic E-state index is 0.00428. The number of rotatable bonds is 0. The van der Waals surface area contributed by atoms with Crippen molar-refractivity contribution < 1.29 is 0 Å². The fraction of sp³-hybridized carbons (Fsp3) is 0.300. The number of pyridine rings is 2. The Morgan fingerprint density at radius 2 is 1.20 bits per heavy atom. The second-order valence-electron chi connectivity index (χ2n) is 21.7. The first-order chi connectivity index (χ1) is 30.3. The summed E-state index contributed by atoms with van der Waals surface area (Å²) in [6.07, 6.45) is 14.2. The second-order valence-corrected chi connectivity index (χ2v) is 21.7. The molecule has 0 bridgehead atoms. The van der Waals surface area contributed by atoms with E-state index >= 15 is 0 Å². The first-order valence-corrected chi connectivity index (χ1v) is 23.2. The lowest BCUT2D eigenvalue weighted by Gasteiger charge is -2.57. The van der Waals surface area contributed by atoms with E-state index in [9.17, 15) is 0 Å². The van der Waals surface area contributed by atoms with Gasteiger partial charge in [-0.25, -0.2) is 9.97 Å². The van der Waals surface area contributed by atoms with Gasteiger partial charge >= 0.3 is 0 Å². The third kappa shape index (κ3) is 5.53. The van der Waals surface area contributed by atoms with Gasteiger partial charge in [-0.15, -0.1) is 0 Å². The van der Waals surface area contributed by atoms with Gasteiger partial charge in [0.25, 0.3) is 0 Å². The topological polar surface area (TPSA) is 32.3 Å². The normalized spacial score (nSPS) is 20.1. The highest BCUT2D eigenvalue weighted by molar-refractivity contribution is 6.02. The number of aromatic nitrogens is 2. The van der Waals surface area contributed by atoms with Crippen molar-refractivity contribution in [3.63, 3.8) is 0 Å². The van der Waals surface area contributed by atoms with E-state index in [0.717, 1.165) is 28.6 Å². The Morgan fingerprint density at radius 1 is 0.578 bits per heavy atom. The van der Waals surface area contributed by atoms with Gasteiger partial charge in [-0.1, -0.05) is 127 Å².